The Labute approximate surface area is 139 Å². The van der Waals surface area contributed by atoms with Gasteiger partial charge in [-0.2, -0.15) is 0 Å². The molecule has 1 aliphatic rings. The largest absolute Gasteiger partial charge is 0.309 e. The molecule has 5 heteroatoms. The van der Waals surface area contributed by atoms with Crippen LogP contribution in [-0.4, -0.2) is 30.6 Å². The van der Waals surface area contributed by atoms with Gasteiger partial charge in [0, 0.05) is 27.2 Å². The molecule has 21 heavy (non-hydrogen) atoms. The van der Waals surface area contributed by atoms with Crippen LogP contribution in [0.2, 0.25) is 4.34 Å². The third kappa shape index (κ3) is 4.08. The molecule has 0 bridgehead atoms. The Bertz CT molecular complexity index is 570. The van der Waals surface area contributed by atoms with E-state index in [1.165, 1.54) is 47.1 Å². The van der Waals surface area contributed by atoms with E-state index in [1.807, 2.05) is 17.4 Å². The van der Waals surface area contributed by atoms with Gasteiger partial charge in [-0.1, -0.05) is 18.5 Å². The molecule has 2 aromatic heterocycles. The molecule has 3 heterocycles. The van der Waals surface area contributed by atoms with Crippen LogP contribution in [0.15, 0.2) is 24.3 Å². The summed E-state index contributed by atoms with van der Waals surface area (Å²) in [5, 5.41) is 3.71. The van der Waals surface area contributed by atoms with E-state index in [9.17, 15) is 0 Å². The molecule has 1 saturated heterocycles. The molecule has 0 saturated carbocycles. The van der Waals surface area contributed by atoms with E-state index in [0.29, 0.717) is 6.04 Å². The lowest BCUT2D eigenvalue weighted by molar-refractivity contribution is 0.206. The molecule has 0 aliphatic carbocycles. The van der Waals surface area contributed by atoms with Crippen LogP contribution in [0.1, 0.15) is 24.6 Å². The predicted octanol–water partition coefficient (Wildman–Crippen LogP) is 4.70. The first-order valence-electron chi connectivity index (χ1n) is 7.54. The maximum Gasteiger partial charge on any atom is 0.0935 e. The minimum Gasteiger partial charge on any atom is -0.309 e. The number of hydrogen-bond donors (Lipinski definition) is 1. The van der Waals surface area contributed by atoms with E-state index in [4.69, 9.17) is 11.6 Å². The average molecular weight is 341 g/mol. The zero-order valence-electron chi connectivity index (χ0n) is 12.3. The molecular formula is C16H21ClN2S2. The number of thiophene rings is 2. The van der Waals surface area contributed by atoms with Crippen LogP contribution in [0.25, 0.3) is 9.75 Å². The first-order valence-corrected chi connectivity index (χ1v) is 9.56. The Morgan fingerprint density at radius 2 is 1.86 bits per heavy atom. The van der Waals surface area contributed by atoms with Gasteiger partial charge in [0.25, 0.3) is 0 Å². The van der Waals surface area contributed by atoms with Gasteiger partial charge in [-0.05, 0) is 56.7 Å². The highest BCUT2D eigenvalue weighted by atomic mass is 35.5. The molecule has 114 valence electrons. The maximum absolute atomic E-state index is 6.01. The summed E-state index contributed by atoms with van der Waals surface area (Å²) < 4.78 is 0.862. The Balaban J connectivity index is 1.51. The summed E-state index contributed by atoms with van der Waals surface area (Å²) in [4.78, 5) is 6.53. The van der Waals surface area contributed by atoms with Crippen LogP contribution in [-0.2, 0) is 6.54 Å². The number of halogens is 1. The molecule has 1 aliphatic heterocycles. The van der Waals surface area contributed by atoms with E-state index in [0.717, 1.165) is 10.9 Å². The number of nitrogens with one attached hydrogen (secondary N) is 1. The summed E-state index contributed by atoms with van der Waals surface area (Å²) in [6.07, 6.45) is 2.54. The quantitative estimate of drug-likeness (QED) is 0.848. The van der Waals surface area contributed by atoms with E-state index in [-0.39, 0.29) is 0 Å². The lowest BCUT2D eigenvalue weighted by Gasteiger charge is -2.31. The number of nitrogens with zero attached hydrogens (tertiary/aromatic N) is 1. The molecule has 0 radical (unpaired) electrons. The smallest absolute Gasteiger partial charge is 0.0935 e. The molecule has 3 rings (SSSR count). The monoisotopic (exact) mass is 340 g/mol. The number of likely N-dealkylation sites (tertiary alicyclic amines) is 1. The lowest BCUT2D eigenvalue weighted by atomic mass is 10.1. The molecule has 1 N–H and O–H groups in total. The van der Waals surface area contributed by atoms with Crippen molar-refractivity contribution in [1.82, 2.24) is 10.2 Å². The minimum atomic E-state index is 0.675. The van der Waals surface area contributed by atoms with Crippen LogP contribution in [0.4, 0.5) is 0 Å². The van der Waals surface area contributed by atoms with Gasteiger partial charge in [-0.3, -0.25) is 0 Å². The second-order valence-corrected chi connectivity index (χ2v) is 8.34. The molecule has 0 unspecified atom stereocenters. The van der Waals surface area contributed by atoms with Crippen molar-refractivity contribution in [1.29, 1.82) is 0 Å². The van der Waals surface area contributed by atoms with Gasteiger partial charge in [-0.25, -0.2) is 0 Å². The first-order chi connectivity index (χ1) is 10.2. The zero-order chi connectivity index (χ0) is 14.7. The van der Waals surface area contributed by atoms with E-state index in [2.05, 4.69) is 35.3 Å². The Morgan fingerprint density at radius 1 is 1.14 bits per heavy atom. The molecule has 1 fully saturated rings. The Kier molecular flexibility index (Phi) is 5.35. The highest BCUT2D eigenvalue weighted by molar-refractivity contribution is 7.24. The van der Waals surface area contributed by atoms with Gasteiger partial charge in [0.1, 0.15) is 0 Å². The van der Waals surface area contributed by atoms with Crippen molar-refractivity contribution in [2.24, 2.45) is 0 Å². The standard InChI is InChI=1S/C16H21ClN2S2/c1-2-19-9-7-12(8-10-19)18-11-13-3-4-14(20-13)15-5-6-16(17)21-15/h3-6,12,18H,2,7-11H2,1H3. The van der Waals surface area contributed by atoms with Crippen molar-refractivity contribution in [2.45, 2.75) is 32.4 Å². The minimum absolute atomic E-state index is 0.675. The summed E-state index contributed by atoms with van der Waals surface area (Å²) in [5.41, 5.74) is 0. The van der Waals surface area contributed by atoms with E-state index < -0.39 is 0 Å². The number of piperidine rings is 1. The van der Waals surface area contributed by atoms with Crippen molar-refractivity contribution in [3.8, 4) is 9.75 Å². The molecular weight excluding hydrogens is 320 g/mol. The maximum atomic E-state index is 6.01. The SMILES string of the molecule is CCN1CCC(NCc2ccc(-c3ccc(Cl)s3)s2)CC1. The average Bonchev–Trinajstić information content (AvgIpc) is 3.14. The Morgan fingerprint density at radius 3 is 2.52 bits per heavy atom. The third-order valence-electron chi connectivity index (χ3n) is 4.08. The summed E-state index contributed by atoms with van der Waals surface area (Å²) in [6, 6.07) is 9.21. The first kappa shape index (κ1) is 15.5. The van der Waals surface area contributed by atoms with Crippen LogP contribution < -0.4 is 5.32 Å². The van der Waals surface area contributed by atoms with Crippen molar-refractivity contribution in [2.75, 3.05) is 19.6 Å². The highest BCUT2D eigenvalue weighted by Crippen LogP contribution is 2.35. The fourth-order valence-electron chi connectivity index (χ4n) is 2.75. The van der Waals surface area contributed by atoms with Gasteiger partial charge in [0.2, 0.25) is 0 Å². The molecule has 0 atom stereocenters. The van der Waals surface area contributed by atoms with Crippen LogP contribution in [0, 0.1) is 0 Å². The summed E-state index contributed by atoms with van der Waals surface area (Å²) in [6.45, 7) is 6.89. The zero-order valence-corrected chi connectivity index (χ0v) is 14.7. The van der Waals surface area contributed by atoms with Crippen molar-refractivity contribution < 1.29 is 0 Å². The summed E-state index contributed by atoms with van der Waals surface area (Å²) >= 11 is 9.54. The van der Waals surface area contributed by atoms with Crippen LogP contribution in [0.5, 0.6) is 0 Å². The second kappa shape index (κ2) is 7.25. The van der Waals surface area contributed by atoms with Gasteiger partial charge in [0.05, 0.1) is 4.34 Å². The van der Waals surface area contributed by atoms with Crippen molar-refractivity contribution in [3.05, 3.63) is 33.5 Å². The highest BCUT2D eigenvalue weighted by Gasteiger charge is 2.17. The summed E-state index contributed by atoms with van der Waals surface area (Å²) in [7, 11) is 0. The normalized spacial score (nSPS) is 17.4. The van der Waals surface area contributed by atoms with Gasteiger partial charge in [0.15, 0.2) is 0 Å². The molecule has 2 nitrogen and oxygen atoms in total. The van der Waals surface area contributed by atoms with Crippen molar-refractivity contribution in [3.63, 3.8) is 0 Å². The number of rotatable bonds is 5. The van der Waals surface area contributed by atoms with E-state index >= 15 is 0 Å². The molecule has 2 aromatic rings. The summed E-state index contributed by atoms with van der Waals surface area (Å²) in [5.74, 6) is 0. The molecule has 0 spiro atoms. The number of hydrogen-bond acceptors (Lipinski definition) is 4. The fourth-order valence-corrected chi connectivity index (χ4v) is 4.84. The predicted molar refractivity (Wildman–Crippen MR) is 94.6 cm³/mol. The molecule has 0 amide bonds. The van der Waals surface area contributed by atoms with Crippen LogP contribution in [0.3, 0.4) is 0 Å². The van der Waals surface area contributed by atoms with Gasteiger partial charge < -0.3 is 10.2 Å². The van der Waals surface area contributed by atoms with E-state index in [1.54, 1.807) is 11.3 Å². The Hall–Kier alpha value is -0.390. The topological polar surface area (TPSA) is 15.3 Å². The van der Waals surface area contributed by atoms with Crippen molar-refractivity contribution >= 4 is 34.3 Å². The van der Waals surface area contributed by atoms with Gasteiger partial charge in [-0.15, -0.1) is 22.7 Å². The van der Waals surface area contributed by atoms with Crippen LogP contribution >= 0.6 is 34.3 Å². The lowest BCUT2D eigenvalue weighted by Crippen LogP contribution is -2.41. The third-order valence-corrected chi connectivity index (χ3v) is 6.59. The second-order valence-electron chi connectivity index (χ2n) is 5.46. The van der Waals surface area contributed by atoms with Gasteiger partial charge >= 0.3 is 0 Å². The molecule has 0 aromatic carbocycles. The fraction of sp³-hybridized carbons (Fsp3) is 0.500.